The highest BCUT2D eigenvalue weighted by Crippen LogP contribution is 2.39. The van der Waals surface area contributed by atoms with Crippen LogP contribution in [0, 0.1) is 13.8 Å². The van der Waals surface area contributed by atoms with Gasteiger partial charge in [0.2, 0.25) is 5.91 Å². The number of pyridine rings is 1. The lowest BCUT2D eigenvalue weighted by Gasteiger charge is -2.29. The molecular weight excluding hydrogens is 522 g/mol. The van der Waals surface area contributed by atoms with Crippen LogP contribution >= 0.6 is 12.2 Å². The Morgan fingerprint density at radius 1 is 1.05 bits per heavy atom. The van der Waals surface area contributed by atoms with Gasteiger partial charge < -0.3 is 24.8 Å². The van der Waals surface area contributed by atoms with Crippen molar-refractivity contribution in [1.82, 2.24) is 19.8 Å². The second-order valence-corrected chi connectivity index (χ2v) is 10.2. The molecule has 204 valence electrons. The number of amides is 1. The maximum atomic E-state index is 13.0. The van der Waals surface area contributed by atoms with Crippen LogP contribution < -0.4 is 10.6 Å². The molecule has 8 nitrogen and oxygen atoms in total. The van der Waals surface area contributed by atoms with Crippen molar-refractivity contribution in [3.63, 3.8) is 0 Å². The SMILES string of the molecule is COC(=O)c1ccc(-n2cccc2[C@H]2[C@@H](c3ccccn3)NC(=S)N2CCC(=O)Nc2cc(C)ccc2C)cc1. The van der Waals surface area contributed by atoms with Crippen LogP contribution in [0.2, 0.25) is 0 Å². The van der Waals surface area contributed by atoms with E-state index in [0.29, 0.717) is 17.2 Å². The molecule has 0 unspecified atom stereocenters. The minimum absolute atomic E-state index is 0.0784. The van der Waals surface area contributed by atoms with E-state index in [1.807, 2.05) is 80.7 Å². The van der Waals surface area contributed by atoms with E-state index in [0.717, 1.165) is 33.9 Å². The van der Waals surface area contributed by atoms with Gasteiger partial charge in [0.05, 0.1) is 30.5 Å². The van der Waals surface area contributed by atoms with Crippen molar-refractivity contribution >= 4 is 34.9 Å². The van der Waals surface area contributed by atoms with Crippen molar-refractivity contribution in [2.75, 3.05) is 19.0 Å². The van der Waals surface area contributed by atoms with Gasteiger partial charge in [-0.3, -0.25) is 9.78 Å². The average Bonchev–Trinajstić information content (AvgIpc) is 3.58. The van der Waals surface area contributed by atoms with Crippen LogP contribution in [0.1, 0.15) is 51.4 Å². The average molecular weight is 554 g/mol. The van der Waals surface area contributed by atoms with E-state index in [4.69, 9.17) is 17.0 Å². The van der Waals surface area contributed by atoms with E-state index >= 15 is 0 Å². The number of anilines is 1. The summed E-state index contributed by atoms with van der Waals surface area (Å²) in [5.41, 5.74) is 6.12. The van der Waals surface area contributed by atoms with Gasteiger partial charge in [-0.05, 0) is 91.8 Å². The molecule has 2 aromatic heterocycles. The Morgan fingerprint density at radius 3 is 2.58 bits per heavy atom. The lowest BCUT2D eigenvalue weighted by molar-refractivity contribution is -0.116. The lowest BCUT2D eigenvalue weighted by atomic mass is 10.0. The molecule has 0 aliphatic carbocycles. The molecule has 5 rings (SSSR count). The molecule has 1 amide bonds. The van der Waals surface area contributed by atoms with Crippen LogP contribution in [0.5, 0.6) is 0 Å². The Bertz CT molecular complexity index is 1530. The van der Waals surface area contributed by atoms with E-state index in [1.165, 1.54) is 7.11 Å². The van der Waals surface area contributed by atoms with Gasteiger partial charge in [0.1, 0.15) is 0 Å². The fourth-order valence-electron chi connectivity index (χ4n) is 5.02. The minimum atomic E-state index is -0.384. The zero-order chi connectivity index (χ0) is 28.2. The van der Waals surface area contributed by atoms with Gasteiger partial charge in [0, 0.05) is 42.4 Å². The van der Waals surface area contributed by atoms with Crippen LogP contribution in [0.3, 0.4) is 0 Å². The van der Waals surface area contributed by atoms with Gasteiger partial charge in [-0.1, -0.05) is 18.2 Å². The molecule has 1 fully saturated rings. The number of methoxy groups -OCH3 is 1. The zero-order valence-electron chi connectivity index (χ0n) is 22.6. The number of rotatable bonds is 8. The molecule has 0 radical (unpaired) electrons. The van der Waals surface area contributed by atoms with Crippen LogP contribution in [0.25, 0.3) is 5.69 Å². The van der Waals surface area contributed by atoms with E-state index in [-0.39, 0.29) is 30.4 Å². The highest BCUT2D eigenvalue weighted by atomic mass is 32.1. The number of benzene rings is 2. The lowest BCUT2D eigenvalue weighted by Crippen LogP contribution is -2.33. The molecule has 2 atom stereocenters. The molecule has 2 aromatic carbocycles. The molecular formula is C31H31N5O3S. The molecule has 4 aromatic rings. The Hall–Kier alpha value is -4.50. The summed E-state index contributed by atoms with van der Waals surface area (Å²) in [6, 6.07) is 22.6. The van der Waals surface area contributed by atoms with E-state index in [2.05, 4.69) is 25.1 Å². The van der Waals surface area contributed by atoms with Gasteiger partial charge in [0.15, 0.2) is 5.11 Å². The van der Waals surface area contributed by atoms with Crippen LogP contribution in [-0.2, 0) is 9.53 Å². The summed E-state index contributed by atoms with van der Waals surface area (Å²) in [4.78, 5) is 31.6. The van der Waals surface area contributed by atoms with Gasteiger partial charge >= 0.3 is 5.97 Å². The second kappa shape index (κ2) is 11.7. The van der Waals surface area contributed by atoms with Crippen molar-refractivity contribution in [2.45, 2.75) is 32.4 Å². The third-order valence-corrected chi connectivity index (χ3v) is 7.45. The maximum absolute atomic E-state index is 13.0. The number of thiocarbonyl (C=S) groups is 1. The highest BCUT2D eigenvalue weighted by molar-refractivity contribution is 7.80. The predicted octanol–water partition coefficient (Wildman–Crippen LogP) is 5.28. The fourth-order valence-corrected chi connectivity index (χ4v) is 5.35. The molecule has 3 heterocycles. The monoisotopic (exact) mass is 553 g/mol. The molecule has 0 spiro atoms. The number of carbonyl (C=O) groups excluding carboxylic acids is 2. The predicted molar refractivity (Wildman–Crippen MR) is 158 cm³/mol. The van der Waals surface area contributed by atoms with Gasteiger partial charge in [-0.15, -0.1) is 0 Å². The molecule has 40 heavy (non-hydrogen) atoms. The van der Waals surface area contributed by atoms with E-state index < -0.39 is 0 Å². The molecule has 0 bridgehead atoms. The summed E-state index contributed by atoms with van der Waals surface area (Å²) in [6.45, 7) is 4.40. The topological polar surface area (TPSA) is 88.5 Å². The summed E-state index contributed by atoms with van der Waals surface area (Å²) in [6.07, 6.45) is 4.00. The van der Waals surface area contributed by atoms with E-state index in [9.17, 15) is 9.59 Å². The standard InChI is InChI=1S/C31H31N5O3S/c1-20-9-10-21(2)25(19-20)33-27(37)15-18-36-29(28(34-31(36)40)24-7-4-5-16-32-24)26-8-6-17-35(26)23-13-11-22(12-14-23)30(38)39-3/h4-14,16-17,19,28-29H,15,18H2,1-3H3,(H,33,37)(H,34,40)/t28-,29+/m1/s1. The van der Waals surface area contributed by atoms with Crippen LogP contribution in [-0.4, -0.2) is 45.1 Å². The van der Waals surface area contributed by atoms with Crippen LogP contribution in [0.4, 0.5) is 5.69 Å². The van der Waals surface area contributed by atoms with Gasteiger partial charge in [-0.25, -0.2) is 4.79 Å². The number of hydrogen-bond acceptors (Lipinski definition) is 5. The number of nitrogens with one attached hydrogen (secondary N) is 2. The first kappa shape index (κ1) is 27.1. The largest absolute Gasteiger partial charge is 0.465 e. The fraction of sp³-hybridized carbons (Fsp3) is 0.226. The summed E-state index contributed by atoms with van der Waals surface area (Å²) in [5, 5.41) is 7.07. The van der Waals surface area contributed by atoms with Gasteiger partial charge in [-0.2, -0.15) is 0 Å². The molecule has 0 saturated carbocycles. The summed E-state index contributed by atoms with van der Waals surface area (Å²) in [7, 11) is 1.37. The number of hydrogen-bond donors (Lipinski definition) is 2. The number of esters is 1. The smallest absolute Gasteiger partial charge is 0.337 e. The van der Waals surface area contributed by atoms with Crippen molar-refractivity contribution in [1.29, 1.82) is 0 Å². The molecule has 1 aliphatic heterocycles. The summed E-state index contributed by atoms with van der Waals surface area (Å²) in [5.74, 6) is -0.463. The Kier molecular flexibility index (Phi) is 7.93. The van der Waals surface area contributed by atoms with Crippen molar-refractivity contribution in [2.24, 2.45) is 0 Å². The summed E-state index contributed by atoms with van der Waals surface area (Å²) >= 11 is 5.80. The van der Waals surface area contributed by atoms with Crippen LogP contribution in [0.15, 0.2) is 85.2 Å². The Balaban J connectivity index is 1.44. The third-order valence-electron chi connectivity index (χ3n) is 7.09. The first-order valence-corrected chi connectivity index (χ1v) is 13.5. The summed E-state index contributed by atoms with van der Waals surface area (Å²) < 4.78 is 6.91. The maximum Gasteiger partial charge on any atom is 0.337 e. The highest BCUT2D eigenvalue weighted by Gasteiger charge is 2.41. The Labute approximate surface area is 239 Å². The number of aryl methyl sites for hydroxylation is 2. The normalized spacial score (nSPS) is 16.5. The quantitative estimate of drug-likeness (QED) is 0.227. The minimum Gasteiger partial charge on any atom is -0.465 e. The molecule has 2 N–H and O–H groups in total. The third kappa shape index (κ3) is 5.60. The van der Waals surface area contributed by atoms with Gasteiger partial charge in [0.25, 0.3) is 0 Å². The second-order valence-electron chi connectivity index (χ2n) is 9.78. The van der Waals surface area contributed by atoms with Crippen molar-refractivity contribution in [3.8, 4) is 5.69 Å². The number of ether oxygens (including phenoxy) is 1. The number of nitrogens with zero attached hydrogens (tertiary/aromatic N) is 3. The molecule has 1 aliphatic rings. The van der Waals surface area contributed by atoms with Crippen molar-refractivity contribution < 1.29 is 14.3 Å². The number of carbonyl (C=O) groups is 2. The van der Waals surface area contributed by atoms with Crippen molar-refractivity contribution in [3.05, 3.63) is 113 Å². The first-order valence-electron chi connectivity index (χ1n) is 13.1. The first-order chi connectivity index (χ1) is 19.4. The Morgan fingerprint density at radius 2 is 1.85 bits per heavy atom. The van der Waals surface area contributed by atoms with E-state index in [1.54, 1.807) is 18.3 Å². The molecule has 9 heteroatoms. The zero-order valence-corrected chi connectivity index (χ0v) is 23.4. The number of aromatic nitrogens is 2. The molecule has 1 saturated heterocycles.